The summed E-state index contributed by atoms with van der Waals surface area (Å²) in [7, 11) is 0. The van der Waals surface area contributed by atoms with Crippen molar-refractivity contribution in [2.45, 2.75) is 6.42 Å². The Morgan fingerprint density at radius 3 is 3.00 bits per heavy atom. The standard InChI is InChI=1S/C7H7N3/c8-5-4-6-2-1-3-7(9)10-6/h1-3H,4H2,(H2,9,10). The van der Waals surface area contributed by atoms with Crippen LogP contribution in [0.1, 0.15) is 5.69 Å². The van der Waals surface area contributed by atoms with Crippen molar-refractivity contribution in [1.29, 1.82) is 5.26 Å². The molecule has 0 radical (unpaired) electrons. The summed E-state index contributed by atoms with van der Waals surface area (Å²) >= 11 is 0. The number of pyridine rings is 1. The monoisotopic (exact) mass is 133 g/mol. The Labute approximate surface area is 59.1 Å². The number of nitrogens with two attached hydrogens (primary N) is 1. The van der Waals surface area contributed by atoms with Gasteiger partial charge in [0.05, 0.1) is 18.2 Å². The lowest BCUT2D eigenvalue weighted by Gasteiger charge is -1.93. The van der Waals surface area contributed by atoms with E-state index in [2.05, 4.69) is 4.98 Å². The number of rotatable bonds is 1. The van der Waals surface area contributed by atoms with Crippen molar-refractivity contribution in [3.8, 4) is 6.07 Å². The number of nitrogens with zero attached hydrogens (tertiary/aromatic N) is 2. The van der Waals surface area contributed by atoms with Crippen LogP contribution in [0.25, 0.3) is 0 Å². The number of hydrogen-bond acceptors (Lipinski definition) is 3. The van der Waals surface area contributed by atoms with E-state index in [9.17, 15) is 0 Å². The first-order chi connectivity index (χ1) is 4.83. The summed E-state index contributed by atoms with van der Waals surface area (Å²) in [4.78, 5) is 3.92. The Balaban J connectivity index is 2.87. The van der Waals surface area contributed by atoms with Crippen molar-refractivity contribution in [2.75, 3.05) is 5.73 Å². The summed E-state index contributed by atoms with van der Waals surface area (Å²) in [6.07, 6.45) is 0.324. The molecule has 0 aliphatic rings. The lowest BCUT2D eigenvalue weighted by Crippen LogP contribution is -1.93. The van der Waals surface area contributed by atoms with E-state index in [0.29, 0.717) is 12.2 Å². The Kier molecular flexibility index (Phi) is 1.86. The third kappa shape index (κ3) is 1.46. The van der Waals surface area contributed by atoms with Crippen LogP contribution < -0.4 is 5.73 Å². The Hall–Kier alpha value is -1.56. The molecule has 3 heteroatoms. The van der Waals surface area contributed by atoms with Gasteiger partial charge in [0.1, 0.15) is 5.82 Å². The summed E-state index contributed by atoms with van der Waals surface area (Å²) < 4.78 is 0. The smallest absolute Gasteiger partial charge is 0.123 e. The predicted octanol–water partition coefficient (Wildman–Crippen LogP) is 0.730. The molecule has 50 valence electrons. The highest BCUT2D eigenvalue weighted by Gasteiger charge is 1.91. The topological polar surface area (TPSA) is 62.7 Å². The van der Waals surface area contributed by atoms with Crippen LogP contribution in [0, 0.1) is 11.3 Å². The van der Waals surface area contributed by atoms with Crippen molar-refractivity contribution in [3.05, 3.63) is 23.9 Å². The fourth-order valence-electron chi connectivity index (χ4n) is 0.678. The van der Waals surface area contributed by atoms with Gasteiger partial charge in [0.2, 0.25) is 0 Å². The van der Waals surface area contributed by atoms with Gasteiger partial charge in [-0.25, -0.2) is 4.98 Å². The molecule has 0 amide bonds. The molecule has 0 fully saturated rings. The van der Waals surface area contributed by atoms with Gasteiger partial charge in [0, 0.05) is 0 Å². The van der Waals surface area contributed by atoms with Crippen LogP contribution in [0.3, 0.4) is 0 Å². The van der Waals surface area contributed by atoms with E-state index in [1.807, 2.05) is 6.07 Å². The van der Waals surface area contributed by atoms with Crippen LogP contribution in [0.4, 0.5) is 5.82 Å². The molecule has 0 saturated carbocycles. The zero-order valence-electron chi connectivity index (χ0n) is 5.41. The largest absolute Gasteiger partial charge is 0.384 e. The van der Waals surface area contributed by atoms with Crippen LogP contribution in [-0.4, -0.2) is 4.98 Å². The van der Waals surface area contributed by atoms with Gasteiger partial charge >= 0.3 is 0 Å². The summed E-state index contributed by atoms with van der Waals surface area (Å²) in [6.45, 7) is 0. The lowest BCUT2D eigenvalue weighted by molar-refractivity contribution is 1.12. The molecule has 0 spiro atoms. The maximum Gasteiger partial charge on any atom is 0.123 e. The van der Waals surface area contributed by atoms with Crippen LogP contribution in [0.5, 0.6) is 0 Å². The number of hydrogen-bond donors (Lipinski definition) is 1. The second-order valence-corrected chi connectivity index (χ2v) is 1.89. The molecule has 0 aliphatic carbocycles. The number of nitrogen functional groups attached to an aromatic ring is 1. The van der Waals surface area contributed by atoms with Gasteiger partial charge in [-0.3, -0.25) is 0 Å². The summed E-state index contributed by atoms with van der Waals surface area (Å²) in [5.41, 5.74) is 6.09. The van der Waals surface area contributed by atoms with Gasteiger partial charge in [-0.1, -0.05) is 6.07 Å². The second-order valence-electron chi connectivity index (χ2n) is 1.89. The molecule has 0 atom stereocenters. The summed E-state index contributed by atoms with van der Waals surface area (Å²) in [5, 5.41) is 8.28. The zero-order valence-corrected chi connectivity index (χ0v) is 5.41. The van der Waals surface area contributed by atoms with Crippen molar-refractivity contribution in [1.82, 2.24) is 4.98 Å². The average Bonchev–Trinajstić information content (AvgIpc) is 1.88. The van der Waals surface area contributed by atoms with Crippen LogP contribution >= 0.6 is 0 Å². The van der Waals surface area contributed by atoms with Crippen LogP contribution in [-0.2, 0) is 6.42 Å². The van der Waals surface area contributed by atoms with E-state index < -0.39 is 0 Å². The molecule has 1 aromatic rings. The van der Waals surface area contributed by atoms with E-state index in [1.54, 1.807) is 18.2 Å². The fourth-order valence-corrected chi connectivity index (χ4v) is 0.678. The molecule has 10 heavy (non-hydrogen) atoms. The van der Waals surface area contributed by atoms with Crippen LogP contribution in [0.15, 0.2) is 18.2 Å². The van der Waals surface area contributed by atoms with Gasteiger partial charge < -0.3 is 5.73 Å². The first-order valence-electron chi connectivity index (χ1n) is 2.91. The lowest BCUT2D eigenvalue weighted by atomic mass is 10.3. The van der Waals surface area contributed by atoms with Gasteiger partial charge in [0.25, 0.3) is 0 Å². The number of aromatic nitrogens is 1. The minimum absolute atomic E-state index is 0.324. The molecule has 1 rings (SSSR count). The Morgan fingerprint density at radius 2 is 2.40 bits per heavy atom. The molecule has 0 aromatic carbocycles. The normalized spacial score (nSPS) is 8.70. The molecular formula is C7H7N3. The van der Waals surface area contributed by atoms with E-state index in [4.69, 9.17) is 11.0 Å². The zero-order chi connectivity index (χ0) is 7.40. The Morgan fingerprint density at radius 1 is 1.60 bits per heavy atom. The van der Waals surface area contributed by atoms with Gasteiger partial charge in [-0.05, 0) is 12.1 Å². The molecule has 2 N–H and O–H groups in total. The van der Waals surface area contributed by atoms with E-state index >= 15 is 0 Å². The van der Waals surface area contributed by atoms with E-state index in [0.717, 1.165) is 5.69 Å². The van der Waals surface area contributed by atoms with Crippen molar-refractivity contribution in [3.63, 3.8) is 0 Å². The average molecular weight is 133 g/mol. The van der Waals surface area contributed by atoms with Gasteiger partial charge in [0.15, 0.2) is 0 Å². The van der Waals surface area contributed by atoms with Gasteiger partial charge in [-0.15, -0.1) is 0 Å². The molecule has 0 aliphatic heterocycles. The SMILES string of the molecule is N#CCc1cccc(N)n1. The maximum absolute atomic E-state index is 8.28. The number of anilines is 1. The Bertz CT molecular complexity index is 262. The van der Waals surface area contributed by atoms with Gasteiger partial charge in [-0.2, -0.15) is 5.26 Å². The molecule has 0 unspecified atom stereocenters. The van der Waals surface area contributed by atoms with Crippen LogP contribution in [0.2, 0.25) is 0 Å². The minimum Gasteiger partial charge on any atom is -0.384 e. The quantitative estimate of drug-likeness (QED) is 0.614. The van der Waals surface area contributed by atoms with Crippen molar-refractivity contribution < 1.29 is 0 Å². The summed E-state index contributed by atoms with van der Waals surface area (Å²) in [6, 6.07) is 7.25. The molecule has 1 aromatic heterocycles. The third-order valence-corrected chi connectivity index (χ3v) is 1.09. The van der Waals surface area contributed by atoms with Crippen molar-refractivity contribution >= 4 is 5.82 Å². The predicted molar refractivity (Wildman–Crippen MR) is 38.0 cm³/mol. The molecular weight excluding hydrogens is 126 g/mol. The third-order valence-electron chi connectivity index (χ3n) is 1.09. The maximum atomic E-state index is 8.28. The fraction of sp³-hybridized carbons (Fsp3) is 0.143. The van der Waals surface area contributed by atoms with E-state index in [-0.39, 0.29) is 0 Å². The second kappa shape index (κ2) is 2.83. The number of nitriles is 1. The highest BCUT2D eigenvalue weighted by molar-refractivity contribution is 5.29. The highest BCUT2D eigenvalue weighted by atomic mass is 14.8. The summed E-state index contributed by atoms with van der Waals surface area (Å²) in [5.74, 6) is 0.466. The van der Waals surface area contributed by atoms with E-state index in [1.165, 1.54) is 0 Å². The molecule has 1 heterocycles. The molecule has 0 bridgehead atoms. The highest BCUT2D eigenvalue weighted by Crippen LogP contribution is 1.99. The first kappa shape index (κ1) is 6.56. The van der Waals surface area contributed by atoms with Crippen molar-refractivity contribution in [2.24, 2.45) is 0 Å². The minimum atomic E-state index is 0.324. The molecule has 0 saturated heterocycles. The first-order valence-corrected chi connectivity index (χ1v) is 2.91. The molecule has 3 nitrogen and oxygen atoms in total.